The fraction of sp³-hybridized carbons (Fsp3) is 0.875. The standard InChI is InChI=1S/C8H18NO3PS/c1-6(2)7(8(10)12-4)9(3)13(5,11)14/h6-7H,1-5H3,(H,11,14)/t7-,13?/m0/s1. The van der Waals surface area contributed by atoms with E-state index in [2.05, 4.69) is 4.74 Å². The van der Waals surface area contributed by atoms with E-state index in [4.69, 9.17) is 11.8 Å². The molecule has 1 unspecified atom stereocenters. The van der Waals surface area contributed by atoms with Crippen LogP contribution in [-0.4, -0.2) is 42.4 Å². The number of nitrogens with zero attached hydrogens (tertiary/aromatic N) is 1. The van der Waals surface area contributed by atoms with E-state index in [0.717, 1.165) is 0 Å². The summed E-state index contributed by atoms with van der Waals surface area (Å²) < 4.78 is 6.21. The van der Waals surface area contributed by atoms with Crippen molar-refractivity contribution in [3.05, 3.63) is 0 Å². The fourth-order valence-electron chi connectivity index (χ4n) is 1.21. The summed E-state index contributed by atoms with van der Waals surface area (Å²) in [5.74, 6) is -0.297. The van der Waals surface area contributed by atoms with Gasteiger partial charge in [-0.3, -0.25) is 4.79 Å². The van der Waals surface area contributed by atoms with Crippen LogP contribution in [-0.2, 0) is 21.3 Å². The maximum Gasteiger partial charge on any atom is 0.323 e. The third-order valence-electron chi connectivity index (χ3n) is 2.06. The Balaban J connectivity index is 4.85. The number of methoxy groups -OCH3 is 1. The Labute approximate surface area is 90.4 Å². The number of ether oxygens (including phenoxy) is 1. The fourth-order valence-corrected chi connectivity index (χ4v) is 2.34. The average molecular weight is 239 g/mol. The number of rotatable bonds is 4. The van der Waals surface area contributed by atoms with Gasteiger partial charge >= 0.3 is 5.97 Å². The van der Waals surface area contributed by atoms with Gasteiger partial charge in [0.05, 0.1) is 7.11 Å². The van der Waals surface area contributed by atoms with Crippen LogP contribution in [0, 0.1) is 5.92 Å². The van der Waals surface area contributed by atoms with Gasteiger partial charge in [-0.25, -0.2) is 4.67 Å². The van der Waals surface area contributed by atoms with E-state index in [-0.39, 0.29) is 11.9 Å². The maximum absolute atomic E-state index is 11.4. The van der Waals surface area contributed by atoms with Crippen LogP contribution in [0.25, 0.3) is 0 Å². The summed E-state index contributed by atoms with van der Waals surface area (Å²) in [5, 5.41) is 0. The molecule has 0 fully saturated rings. The van der Waals surface area contributed by atoms with Crippen molar-refractivity contribution < 1.29 is 14.4 Å². The highest BCUT2D eigenvalue weighted by atomic mass is 32.4. The molecule has 0 heterocycles. The molecular weight excluding hydrogens is 221 g/mol. The maximum atomic E-state index is 11.4. The number of likely N-dealkylation sites (N-methyl/N-ethyl adjacent to an activating group) is 1. The number of hydrogen-bond acceptors (Lipinski definition) is 3. The average Bonchev–Trinajstić information content (AvgIpc) is 2.01. The zero-order valence-electron chi connectivity index (χ0n) is 9.22. The first-order chi connectivity index (χ1) is 6.21. The Morgan fingerprint density at radius 2 is 2.00 bits per heavy atom. The molecule has 2 atom stereocenters. The lowest BCUT2D eigenvalue weighted by Gasteiger charge is -2.32. The van der Waals surface area contributed by atoms with Gasteiger partial charge in [0.2, 0.25) is 0 Å². The summed E-state index contributed by atoms with van der Waals surface area (Å²) >= 11 is 4.96. The second-order valence-electron chi connectivity index (χ2n) is 3.62. The van der Waals surface area contributed by atoms with Gasteiger partial charge in [-0.05, 0) is 13.0 Å². The van der Waals surface area contributed by atoms with Gasteiger partial charge in [0.1, 0.15) is 12.5 Å². The third-order valence-corrected chi connectivity index (χ3v) is 4.25. The molecule has 0 aliphatic rings. The van der Waals surface area contributed by atoms with Gasteiger partial charge in [0.25, 0.3) is 0 Å². The molecule has 0 amide bonds. The van der Waals surface area contributed by atoms with Crippen molar-refractivity contribution in [3.8, 4) is 0 Å². The van der Waals surface area contributed by atoms with Crippen LogP contribution in [0.3, 0.4) is 0 Å². The molecular formula is C8H18NO3PS. The molecule has 84 valence electrons. The highest BCUT2D eigenvalue weighted by Gasteiger charge is 2.32. The topological polar surface area (TPSA) is 49.8 Å². The van der Waals surface area contributed by atoms with Crippen molar-refractivity contribution in [2.45, 2.75) is 19.9 Å². The largest absolute Gasteiger partial charge is 0.468 e. The van der Waals surface area contributed by atoms with Gasteiger partial charge in [0, 0.05) is 6.66 Å². The van der Waals surface area contributed by atoms with Crippen molar-refractivity contribution in [1.29, 1.82) is 0 Å². The Kier molecular flexibility index (Phi) is 5.23. The second-order valence-corrected chi connectivity index (χ2v) is 8.00. The summed E-state index contributed by atoms with van der Waals surface area (Å²) in [5.41, 5.74) is 0. The molecule has 0 aromatic carbocycles. The first-order valence-corrected chi connectivity index (χ1v) is 7.48. The van der Waals surface area contributed by atoms with Crippen molar-refractivity contribution in [3.63, 3.8) is 0 Å². The summed E-state index contributed by atoms with van der Waals surface area (Å²) in [7, 11) is 2.99. The highest BCUT2D eigenvalue weighted by molar-refractivity contribution is 8.10. The van der Waals surface area contributed by atoms with Gasteiger partial charge in [-0.1, -0.05) is 25.7 Å². The predicted octanol–water partition coefficient (Wildman–Crippen LogP) is 1.05. The summed E-state index contributed by atoms with van der Waals surface area (Å²) in [6.45, 7) is 5.35. The Bertz CT molecular complexity index is 251. The summed E-state index contributed by atoms with van der Waals surface area (Å²) in [4.78, 5) is 21.1. The quantitative estimate of drug-likeness (QED) is 0.587. The molecule has 1 N–H and O–H groups in total. The molecule has 0 aromatic heterocycles. The van der Waals surface area contributed by atoms with Crippen LogP contribution in [0.4, 0.5) is 0 Å². The van der Waals surface area contributed by atoms with E-state index >= 15 is 0 Å². The van der Waals surface area contributed by atoms with Crippen molar-refractivity contribution >= 4 is 24.2 Å². The van der Waals surface area contributed by atoms with Crippen molar-refractivity contribution in [2.75, 3.05) is 20.8 Å². The minimum absolute atomic E-state index is 0.0573. The van der Waals surface area contributed by atoms with Crippen LogP contribution in [0.5, 0.6) is 0 Å². The lowest BCUT2D eigenvalue weighted by Crippen LogP contribution is -2.41. The van der Waals surface area contributed by atoms with E-state index in [1.54, 1.807) is 18.4 Å². The summed E-state index contributed by atoms with van der Waals surface area (Å²) in [6.07, 6.45) is -2.57. The molecule has 0 radical (unpaired) electrons. The highest BCUT2D eigenvalue weighted by Crippen LogP contribution is 2.42. The Morgan fingerprint density at radius 3 is 2.21 bits per heavy atom. The minimum atomic E-state index is -2.57. The lowest BCUT2D eigenvalue weighted by molar-refractivity contribution is -0.146. The van der Waals surface area contributed by atoms with E-state index in [1.807, 2.05) is 13.8 Å². The molecule has 0 rings (SSSR count). The van der Waals surface area contributed by atoms with E-state index in [0.29, 0.717) is 0 Å². The molecule has 0 aromatic rings. The minimum Gasteiger partial charge on any atom is -0.468 e. The van der Waals surface area contributed by atoms with Crippen LogP contribution in [0.15, 0.2) is 0 Å². The first kappa shape index (κ1) is 14.0. The van der Waals surface area contributed by atoms with E-state index < -0.39 is 12.5 Å². The number of carbonyl (C=O) groups excluding carboxylic acids is 1. The van der Waals surface area contributed by atoms with Crippen LogP contribution < -0.4 is 0 Å². The second kappa shape index (κ2) is 5.21. The van der Waals surface area contributed by atoms with Gasteiger partial charge in [-0.15, -0.1) is 0 Å². The SMILES string of the molecule is COC(=O)[C@H](C(C)C)N(C)P(C)(O)=S. The molecule has 0 bridgehead atoms. The zero-order chi connectivity index (χ0) is 11.5. The van der Waals surface area contributed by atoms with E-state index in [9.17, 15) is 9.69 Å². The molecule has 0 saturated carbocycles. The third kappa shape index (κ3) is 3.65. The van der Waals surface area contributed by atoms with Gasteiger partial charge in [-0.2, -0.15) is 0 Å². The monoisotopic (exact) mass is 239 g/mol. The Morgan fingerprint density at radius 1 is 1.57 bits per heavy atom. The lowest BCUT2D eigenvalue weighted by atomic mass is 10.1. The molecule has 4 nitrogen and oxygen atoms in total. The van der Waals surface area contributed by atoms with Crippen LogP contribution in [0.2, 0.25) is 0 Å². The predicted molar refractivity (Wildman–Crippen MR) is 60.8 cm³/mol. The zero-order valence-corrected chi connectivity index (χ0v) is 10.9. The number of carbonyl (C=O) groups is 1. The van der Waals surface area contributed by atoms with Crippen molar-refractivity contribution in [1.82, 2.24) is 4.67 Å². The normalized spacial score (nSPS) is 18.0. The number of esters is 1. The van der Waals surface area contributed by atoms with Crippen LogP contribution >= 0.6 is 6.42 Å². The summed E-state index contributed by atoms with van der Waals surface area (Å²) in [6, 6.07) is -0.471. The molecule has 0 aliphatic carbocycles. The molecule has 6 heteroatoms. The van der Waals surface area contributed by atoms with E-state index in [1.165, 1.54) is 7.11 Å². The molecule has 14 heavy (non-hydrogen) atoms. The van der Waals surface area contributed by atoms with Gasteiger partial charge < -0.3 is 9.63 Å². The molecule has 0 aliphatic heterocycles. The first-order valence-electron chi connectivity index (χ1n) is 4.33. The molecule has 0 spiro atoms. The van der Waals surface area contributed by atoms with Crippen molar-refractivity contribution in [2.24, 2.45) is 5.92 Å². The van der Waals surface area contributed by atoms with Gasteiger partial charge in [0.15, 0.2) is 0 Å². The smallest absolute Gasteiger partial charge is 0.323 e. The Hall–Kier alpha value is 0.0400. The molecule has 0 saturated heterocycles. The number of hydrogen-bond donors (Lipinski definition) is 1. The van der Waals surface area contributed by atoms with Crippen LogP contribution in [0.1, 0.15) is 13.8 Å².